The third kappa shape index (κ3) is 3.43. The number of hydrogen-bond acceptors (Lipinski definition) is 3. The maximum atomic E-state index is 5.57. The second-order valence-electron chi connectivity index (χ2n) is 4.61. The highest BCUT2D eigenvalue weighted by molar-refractivity contribution is 5.79. The molecule has 0 bridgehead atoms. The lowest BCUT2D eigenvalue weighted by atomic mass is 10.3. The number of aromatic nitrogens is 1. The molecule has 5 heteroatoms. The number of nitrogens with zero attached hydrogens (tertiary/aromatic N) is 3. The molecule has 0 spiro atoms. The molecule has 0 aromatic carbocycles. The Morgan fingerprint density at radius 1 is 1.56 bits per heavy atom. The summed E-state index contributed by atoms with van der Waals surface area (Å²) in [7, 11) is 0. The molecule has 2 rings (SSSR count). The molecular formula is C13H21N5. The van der Waals surface area contributed by atoms with Crippen LogP contribution in [-0.2, 0) is 6.54 Å². The molecule has 98 valence electrons. The van der Waals surface area contributed by atoms with E-state index in [1.807, 2.05) is 25.1 Å². The molecule has 0 unspecified atom stereocenters. The molecule has 0 aliphatic heterocycles. The van der Waals surface area contributed by atoms with E-state index in [0.29, 0.717) is 6.04 Å². The highest BCUT2D eigenvalue weighted by Gasteiger charge is 2.22. The zero-order valence-corrected chi connectivity index (χ0v) is 11.1. The summed E-state index contributed by atoms with van der Waals surface area (Å²) in [6.07, 6.45) is 2.34. The van der Waals surface area contributed by atoms with Crippen molar-refractivity contribution in [2.45, 2.75) is 39.3 Å². The molecule has 1 aromatic heterocycles. The van der Waals surface area contributed by atoms with Gasteiger partial charge in [0.15, 0.2) is 0 Å². The first-order valence-corrected chi connectivity index (χ1v) is 6.44. The Labute approximate surface area is 108 Å². The van der Waals surface area contributed by atoms with Gasteiger partial charge in [-0.15, -0.1) is 0 Å². The molecule has 1 fully saturated rings. The molecule has 3 N–H and O–H groups in total. The second-order valence-corrected chi connectivity index (χ2v) is 4.61. The molecule has 0 atom stereocenters. The molecule has 1 aromatic rings. The quantitative estimate of drug-likeness (QED) is 0.363. The highest BCUT2D eigenvalue weighted by Crippen LogP contribution is 2.23. The van der Waals surface area contributed by atoms with Gasteiger partial charge in [-0.1, -0.05) is 6.07 Å². The molecule has 1 saturated carbocycles. The predicted molar refractivity (Wildman–Crippen MR) is 72.8 cm³/mol. The summed E-state index contributed by atoms with van der Waals surface area (Å²) in [5.41, 5.74) is 4.78. The number of aryl methyl sites for hydroxylation is 1. The first kappa shape index (κ1) is 12.8. The fraction of sp³-hybridized carbons (Fsp3) is 0.538. The number of rotatable bonds is 4. The van der Waals surface area contributed by atoms with Crippen LogP contribution in [0.25, 0.3) is 0 Å². The van der Waals surface area contributed by atoms with Gasteiger partial charge in [0.25, 0.3) is 0 Å². The van der Waals surface area contributed by atoms with E-state index in [1.54, 1.807) is 0 Å². The second kappa shape index (κ2) is 5.82. The molecule has 1 heterocycles. The number of pyridine rings is 1. The number of hydrogen-bond donors (Lipinski definition) is 2. The van der Waals surface area contributed by atoms with E-state index >= 15 is 0 Å². The standard InChI is InChI=1S/C13H21N5/c1-3-18(13(17-14)16-11-7-8-11)9-12-6-4-5-10(2)15-12/h4-6,11H,3,7-9,14H2,1-2H3,(H,16,17). The van der Waals surface area contributed by atoms with Gasteiger partial charge in [0.1, 0.15) is 0 Å². The summed E-state index contributed by atoms with van der Waals surface area (Å²) in [6.45, 7) is 5.68. The van der Waals surface area contributed by atoms with E-state index in [9.17, 15) is 0 Å². The van der Waals surface area contributed by atoms with Crippen LogP contribution in [-0.4, -0.2) is 28.4 Å². The minimum absolute atomic E-state index is 0.454. The first-order chi connectivity index (χ1) is 8.72. The van der Waals surface area contributed by atoms with Crippen LogP contribution in [0.3, 0.4) is 0 Å². The maximum Gasteiger partial charge on any atom is 0.209 e. The summed E-state index contributed by atoms with van der Waals surface area (Å²) in [5, 5.41) is 0. The lowest BCUT2D eigenvalue weighted by Crippen LogP contribution is -2.44. The van der Waals surface area contributed by atoms with Crippen molar-refractivity contribution in [3.05, 3.63) is 29.6 Å². The van der Waals surface area contributed by atoms with Gasteiger partial charge in [-0.25, -0.2) is 10.8 Å². The maximum absolute atomic E-state index is 5.57. The van der Waals surface area contributed by atoms with E-state index in [4.69, 9.17) is 5.84 Å². The van der Waals surface area contributed by atoms with E-state index in [0.717, 1.165) is 30.4 Å². The fourth-order valence-corrected chi connectivity index (χ4v) is 1.81. The van der Waals surface area contributed by atoms with Gasteiger partial charge in [-0.2, -0.15) is 0 Å². The molecule has 18 heavy (non-hydrogen) atoms. The van der Waals surface area contributed by atoms with Gasteiger partial charge >= 0.3 is 0 Å². The van der Waals surface area contributed by atoms with Gasteiger partial charge in [0.05, 0.1) is 18.3 Å². The van der Waals surface area contributed by atoms with Crippen molar-refractivity contribution in [3.8, 4) is 0 Å². The summed E-state index contributed by atoms with van der Waals surface area (Å²) >= 11 is 0. The molecule has 5 nitrogen and oxygen atoms in total. The minimum Gasteiger partial charge on any atom is -0.336 e. The lowest BCUT2D eigenvalue weighted by Gasteiger charge is -2.23. The van der Waals surface area contributed by atoms with E-state index < -0.39 is 0 Å². The van der Waals surface area contributed by atoms with Crippen molar-refractivity contribution in [1.29, 1.82) is 0 Å². The zero-order valence-electron chi connectivity index (χ0n) is 11.1. The topological polar surface area (TPSA) is 66.5 Å². The first-order valence-electron chi connectivity index (χ1n) is 6.44. The Bertz CT molecular complexity index is 425. The Hall–Kier alpha value is -1.62. The lowest BCUT2D eigenvalue weighted by molar-refractivity contribution is 0.411. The van der Waals surface area contributed by atoms with Gasteiger partial charge in [0, 0.05) is 12.2 Å². The number of nitrogens with one attached hydrogen (secondary N) is 1. The van der Waals surface area contributed by atoms with Gasteiger partial charge < -0.3 is 4.90 Å². The van der Waals surface area contributed by atoms with Gasteiger partial charge in [-0.05, 0) is 38.8 Å². The normalized spacial score (nSPS) is 15.6. The molecule has 1 aliphatic rings. The average molecular weight is 247 g/mol. The van der Waals surface area contributed by atoms with Crippen LogP contribution >= 0.6 is 0 Å². The van der Waals surface area contributed by atoms with Gasteiger partial charge in [-0.3, -0.25) is 10.4 Å². The minimum atomic E-state index is 0.454. The largest absolute Gasteiger partial charge is 0.336 e. The number of hydrazine groups is 1. The van der Waals surface area contributed by atoms with E-state index in [2.05, 4.69) is 27.2 Å². The third-order valence-corrected chi connectivity index (χ3v) is 2.96. The average Bonchev–Trinajstić information content (AvgIpc) is 3.17. The van der Waals surface area contributed by atoms with E-state index in [1.165, 1.54) is 12.8 Å². The van der Waals surface area contributed by atoms with Crippen LogP contribution in [0.5, 0.6) is 0 Å². The van der Waals surface area contributed by atoms with Crippen LogP contribution < -0.4 is 11.3 Å². The summed E-state index contributed by atoms with van der Waals surface area (Å²) in [6, 6.07) is 6.51. The predicted octanol–water partition coefficient (Wildman–Crippen LogP) is 1.19. The van der Waals surface area contributed by atoms with E-state index in [-0.39, 0.29) is 0 Å². The van der Waals surface area contributed by atoms with Crippen molar-refractivity contribution in [3.63, 3.8) is 0 Å². The Balaban J connectivity index is 2.08. The zero-order chi connectivity index (χ0) is 13.0. The van der Waals surface area contributed by atoms with Crippen LogP contribution in [0.15, 0.2) is 23.2 Å². The number of aliphatic imine (C=N–C) groups is 1. The Morgan fingerprint density at radius 2 is 2.33 bits per heavy atom. The highest BCUT2D eigenvalue weighted by atomic mass is 15.4. The third-order valence-electron chi connectivity index (χ3n) is 2.96. The van der Waals surface area contributed by atoms with Crippen LogP contribution in [0.1, 0.15) is 31.2 Å². The summed E-state index contributed by atoms with van der Waals surface area (Å²) in [5.74, 6) is 6.33. The van der Waals surface area contributed by atoms with Crippen LogP contribution in [0.4, 0.5) is 0 Å². The summed E-state index contributed by atoms with van der Waals surface area (Å²) < 4.78 is 0. The number of guanidine groups is 1. The monoisotopic (exact) mass is 247 g/mol. The molecule has 0 saturated heterocycles. The summed E-state index contributed by atoms with van der Waals surface area (Å²) in [4.78, 5) is 11.2. The Morgan fingerprint density at radius 3 is 2.89 bits per heavy atom. The van der Waals surface area contributed by atoms with Crippen molar-refractivity contribution >= 4 is 5.96 Å². The van der Waals surface area contributed by atoms with Crippen molar-refractivity contribution in [2.24, 2.45) is 10.8 Å². The fourth-order valence-electron chi connectivity index (χ4n) is 1.81. The Kier molecular flexibility index (Phi) is 4.15. The van der Waals surface area contributed by atoms with Crippen molar-refractivity contribution in [1.82, 2.24) is 15.3 Å². The molecule has 0 radical (unpaired) electrons. The van der Waals surface area contributed by atoms with Crippen molar-refractivity contribution in [2.75, 3.05) is 6.54 Å². The molecule has 0 amide bonds. The number of nitrogens with two attached hydrogens (primary N) is 1. The smallest absolute Gasteiger partial charge is 0.209 e. The van der Waals surface area contributed by atoms with Crippen molar-refractivity contribution < 1.29 is 0 Å². The SMILES string of the molecule is CCN(Cc1cccc(C)n1)C(=NC1CC1)NN. The van der Waals surface area contributed by atoms with Gasteiger partial charge in [0.2, 0.25) is 5.96 Å². The molecule has 1 aliphatic carbocycles. The van der Waals surface area contributed by atoms with Crippen LogP contribution in [0, 0.1) is 6.92 Å². The molecular weight excluding hydrogens is 226 g/mol. The van der Waals surface area contributed by atoms with Crippen LogP contribution in [0.2, 0.25) is 0 Å².